The number of likely N-dealkylation sites (N-methyl/N-ethyl adjacent to an activating group) is 1. The number of unbranched alkanes of at least 4 members (excludes halogenated alkanes) is 5. The van der Waals surface area contributed by atoms with Crippen LogP contribution in [0.2, 0.25) is 0 Å². The first kappa shape index (κ1) is 20.9. The van der Waals surface area contributed by atoms with Crippen molar-refractivity contribution in [1.29, 1.82) is 0 Å². The number of hydroxylamine groups is 2. The molecule has 28 heavy (non-hydrogen) atoms. The number of nitrogens with zero attached hydrogens (tertiary/aromatic N) is 2. The second-order valence-electron chi connectivity index (χ2n) is 8.35. The number of hydrogen-bond donors (Lipinski definition) is 1. The van der Waals surface area contributed by atoms with Gasteiger partial charge in [0, 0.05) is 38.3 Å². The fourth-order valence-electron chi connectivity index (χ4n) is 4.33. The van der Waals surface area contributed by atoms with Crippen LogP contribution in [-0.4, -0.2) is 44.6 Å². The lowest BCUT2D eigenvalue weighted by Gasteiger charge is -2.42. The number of nitrogens with one attached hydrogen (secondary N) is 1. The Kier molecular flexibility index (Phi) is 6.83. The maximum Gasteiger partial charge on any atom is 0.412 e. The molecule has 0 bridgehead atoms. The largest absolute Gasteiger partial charge is 0.412 e. The fraction of sp³-hybridized carbons (Fsp3) is 0.682. The highest BCUT2D eigenvalue weighted by atomic mass is 16.7. The predicted molar refractivity (Wildman–Crippen MR) is 112 cm³/mol. The Bertz CT molecular complexity index is 681. The second-order valence-corrected chi connectivity index (χ2v) is 8.35. The average molecular weight is 390 g/mol. The van der Waals surface area contributed by atoms with Gasteiger partial charge in [0.25, 0.3) is 0 Å². The lowest BCUT2D eigenvalue weighted by molar-refractivity contribution is -0.226. The molecule has 2 unspecified atom stereocenters. The van der Waals surface area contributed by atoms with E-state index in [1.807, 2.05) is 30.3 Å². The minimum atomic E-state index is -0.374. The summed E-state index contributed by atoms with van der Waals surface area (Å²) in [5.41, 5.74) is 2.22. The van der Waals surface area contributed by atoms with Gasteiger partial charge in [0.15, 0.2) is 6.23 Å². The standard InChI is InChI=1S/C22H35N3O3/c1-5-6-7-8-9-10-14-23-21(26)27-17-11-12-19-18(16-17)22(2)13-15-24(3)28-20(22)25(19)4/h11-12,16,20H,5-10,13-15H2,1-4H3,(H,23,26). The van der Waals surface area contributed by atoms with E-state index in [0.717, 1.165) is 31.5 Å². The molecule has 0 radical (unpaired) electrons. The SMILES string of the molecule is CCCCCCCCNC(=O)Oc1ccc2c(c1)C1(C)CCN(C)OC1N2C. The highest BCUT2D eigenvalue weighted by Crippen LogP contribution is 2.50. The Labute approximate surface area is 169 Å². The quantitative estimate of drug-likeness (QED) is 0.666. The molecule has 1 amide bonds. The Balaban J connectivity index is 1.54. The van der Waals surface area contributed by atoms with Crippen molar-refractivity contribution in [3.05, 3.63) is 23.8 Å². The Morgan fingerprint density at radius 2 is 2.00 bits per heavy atom. The molecule has 1 aromatic carbocycles. The van der Waals surface area contributed by atoms with Gasteiger partial charge in [-0.2, -0.15) is 5.06 Å². The summed E-state index contributed by atoms with van der Waals surface area (Å²) in [4.78, 5) is 20.4. The van der Waals surface area contributed by atoms with Crippen molar-refractivity contribution in [2.75, 3.05) is 32.1 Å². The molecule has 0 saturated carbocycles. The number of anilines is 1. The van der Waals surface area contributed by atoms with Gasteiger partial charge in [-0.1, -0.05) is 46.0 Å². The van der Waals surface area contributed by atoms with E-state index in [9.17, 15) is 4.79 Å². The van der Waals surface area contributed by atoms with Crippen molar-refractivity contribution in [3.63, 3.8) is 0 Å². The lowest BCUT2D eigenvalue weighted by Crippen LogP contribution is -2.52. The van der Waals surface area contributed by atoms with Gasteiger partial charge in [-0.05, 0) is 36.6 Å². The number of fused-ring (bicyclic) bond motifs is 3. The van der Waals surface area contributed by atoms with Gasteiger partial charge in [-0.25, -0.2) is 4.79 Å². The zero-order valence-corrected chi connectivity index (χ0v) is 17.8. The third-order valence-corrected chi connectivity index (χ3v) is 6.10. The molecular weight excluding hydrogens is 354 g/mol. The van der Waals surface area contributed by atoms with Gasteiger partial charge in [-0.3, -0.25) is 4.84 Å². The molecule has 0 spiro atoms. The highest BCUT2D eigenvalue weighted by molar-refractivity contribution is 5.72. The topological polar surface area (TPSA) is 54.0 Å². The van der Waals surface area contributed by atoms with Crippen LogP contribution in [0.3, 0.4) is 0 Å². The summed E-state index contributed by atoms with van der Waals surface area (Å²) in [6, 6.07) is 5.90. The summed E-state index contributed by atoms with van der Waals surface area (Å²) >= 11 is 0. The molecule has 1 aromatic rings. The van der Waals surface area contributed by atoms with Crippen molar-refractivity contribution in [2.45, 2.75) is 70.4 Å². The van der Waals surface area contributed by atoms with Gasteiger partial charge >= 0.3 is 6.09 Å². The molecule has 2 aliphatic heterocycles. The summed E-state index contributed by atoms with van der Waals surface area (Å²) in [6.45, 7) is 5.99. The van der Waals surface area contributed by atoms with Crippen LogP contribution in [0, 0.1) is 0 Å². The third kappa shape index (κ3) is 4.44. The van der Waals surface area contributed by atoms with Crippen LogP contribution >= 0.6 is 0 Å². The summed E-state index contributed by atoms with van der Waals surface area (Å²) in [5, 5.41) is 4.77. The summed E-state index contributed by atoms with van der Waals surface area (Å²) < 4.78 is 5.55. The number of rotatable bonds is 8. The molecule has 0 aromatic heterocycles. The number of benzene rings is 1. The number of hydrogen-bond acceptors (Lipinski definition) is 5. The van der Waals surface area contributed by atoms with Gasteiger partial charge in [0.2, 0.25) is 0 Å². The van der Waals surface area contributed by atoms with E-state index < -0.39 is 0 Å². The van der Waals surface area contributed by atoms with Crippen LogP contribution in [0.15, 0.2) is 18.2 Å². The number of carbonyl (C=O) groups is 1. The molecule has 6 heteroatoms. The number of amides is 1. The summed E-state index contributed by atoms with van der Waals surface area (Å²) in [5.74, 6) is 0.591. The first-order valence-corrected chi connectivity index (χ1v) is 10.7. The van der Waals surface area contributed by atoms with Crippen LogP contribution in [-0.2, 0) is 10.3 Å². The zero-order chi connectivity index (χ0) is 20.1. The lowest BCUT2D eigenvalue weighted by atomic mass is 9.79. The molecule has 6 nitrogen and oxygen atoms in total. The van der Waals surface area contributed by atoms with E-state index in [1.54, 1.807) is 0 Å². The Morgan fingerprint density at radius 1 is 1.25 bits per heavy atom. The average Bonchev–Trinajstić information content (AvgIpc) is 2.89. The Morgan fingerprint density at radius 3 is 2.79 bits per heavy atom. The second kappa shape index (κ2) is 9.14. The molecule has 3 rings (SSSR count). The van der Waals surface area contributed by atoms with E-state index in [0.29, 0.717) is 12.3 Å². The van der Waals surface area contributed by atoms with E-state index in [1.165, 1.54) is 31.2 Å². The molecule has 1 fully saturated rings. The van der Waals surface area contributed by atoms with Crippen molar-refractivity contribution in [2.24, 2.45) is 0 Å². The van der Waals surface area contributed by atoms with Crippen LogP contribution in [0.4, 0.5) is 10.5 Å². The minimum Gasteiger partial charge on any atom is -0.410 e. The van der Waals surface area contributed by atoms with Crippen molar-refractivity contribution >= 4 is 11.8 Å². The highest BCUT2D eigenvalue weighted by Gasteiger charge is 2.50. The molecule has 2 heterocycles. The predicted octanol–water partition coefficient (Wildman–Crippen LogP) is 4.44. The maximum atomic E-state index is 12.1. The van der Waals surface area contributed by atoms with E-state index in [-0.39, 0.29) is 17.7 Å². The van der Waals surface area contributed by atoms with E-state index >= 15 is 0 Å². The molecule has 1 N–H and O–H groups in total. The zero-order valence-electron chi connectivity index (χ0n) is 17.8. The molecule has 2 atom stereocenters. The monoisotopic (exact) mass is 389 g/mol. The smallest absolute Gasteiger partial charge is 0.410 e. The molecule has 2 aliphatic rings. The summed E-state index contributed by atoms with van der Waals surface area (Å²) in [7, 11) is 4.03. The van der Waals surface area contributed by atoms with E-state index in [2.05, 4.69) is 31.1 Å². The summed E-state index contributed by atoms with van der Waals surface area (Å²) in [6.07, 6.45) is 7.81. The first-order valence-electron chi connectivity index (χ1n) is 10.7. The van der Waals surface area contributed by atoms with Crippen LogP contribution in [0.25, 0.3) is 0 Å². The third-order valence-electron chi connectivity index (χ3n) is 6.10. The first-order chi connectivity index (χ1) is 13.5. The molecular formula is C22H35N3O3. The van der Waals surface area contributed by atoms with Crippen LogP contribution in [0.5, 0.6) is 5.75 Å². The van der Waals surface area contributed by atoms with Crippen molar-refractivity contribution < 1.29 is 14.4 Å². The number of ether oxygens (including phenoxy) is 1. The van der Waals surface area contributed by atoms with Gasteiger partial charge in [0.05, 0.1) is 0 Å². The Hall–Kier alpha value is -1.79. The van der Waals surface area contributed by atoms with Gasteiger partial charge in [0.1, 0.15) is 5.75 Å². The molecule has 1 saturated heterocycles. The fourth-order valence-corrected chi connectivity index (χ4v) is 4.33. The maximum absolute atomic E-state index is 12.1. The normalized spacial score (nSPS) is 24.0. The van der Waals surface area contributed by atoms with Gasteiger partial charge in [-0.15, -0.1) is 0 Å². The van der Waals surface area contributed by atoms with Crippen molar-refractivity contribution in [1.82, 2.24) is 10.4 Å². The van der Waals surface area contributed by atoms with Crippen LogP contribution < -0.4 is 15.0 Å². The minimum absolute atomic E-state index is 0.0296. The van der Waals surface area contributed by atoms with Gasteiger partial charge < -0.3 is 15.0 Å². The van der Waals surface area contributed by atoms with E-state index in [4.69, 9.17) is 9.57 Å². The molecule has 156 valence electrons. The van der Waals surface area contributed by atoms with Crippen LogP contribution in [0.1, 0.15) is 64.4 Å². The number of carbonyl (C=O) groups excluding carboxylic acids is 1. The van der Waals surface area contributed by atoms with Crippen molar-refractivity contribution in [3.8, 4) is 5.75 Å². The molecule has 0 aliphatic carbocycles.